The van der Waals surface area contributed by atoms with E-state index < -0.39 is 0 Å². The number of hydrogen-bond acceptors (Lipinski definition) is 3. The molecule has 1 heterocycles. The lowest BCUT2D eigenvalue weighted by Crippen LogP contribution is -2.41. The number of aryl methyl sites for hydroxylation is 1. The number of hydrogen-bond donors (Lipinski definition) is 1. The molecule has 3 unspecified atom stereocenters. The van der Waals surface area contributed by atoms with Crippen LogP contribution in [-0.2, 0) is 6.42 Å². The molecule has 0 radical (unpaired) electrons. The largest absolute Gasteiger partial charge is 0.330 e. The molecule has 0 spiro atoms. The lowest BCUT2D eigenvalue weighted by atomic mass is 10.0. The summed E-state index contributed by atoms with van der Waals surface area (Å²) in [5.74, 6) is 0.702. The molecule has 3 atom stereocenters. The molecule has 0 aliphatic heterocycles. The van der Waals surface area contributed by atoms with Gasteiger partial charge in [-0.1, -0.05) is 20.3 Å². The van der Waals surface area contributed by atoms with Gasteiger partial charge in [-0.3, -0.25) is 4.90 Å². The summed E-state index contributed by atoms with van der Waals surface area (Å²) in [6.45, 7) is 8.86. The third-order valence-corrected chi connectivity index (χ3v) is 6.05. The fourth-order valence-corrected chi connectivity index (χ4v) is 4.52. The Labute approximate surface area is 122 Å². The van der Waals surface area contributed by atoms with Crippen molar-refractivity contribution in [2.75, 3.05) is 13.1 Å². The summed E-state index contributed by atoms with van der Waals surface area (Å²) in [6, 6.07) is 5.84. The first-order valence-electron chi connectivity index (χ1n) is 7.75. The molecule has 2 nitrogen and oxygen atoms in total. The Morgan fingerprint density at radius 3 is 2.74 bits per heavy atom. The first kappa shape index (κ1) is 15.0. The van der Waals surface area contributed by atoms with Crippen molar-refractivity contribution >= 4 is 11.3 Å². The monoisotopic (exact) mass is 280 g/mol. The zero-order chi connectivity index (χ0) is 13.8. The van der Waals surface area contributed by atoms with Gasteiger partial charge in [0, 0.05) is 21.8 Å². The van der Waals surface area contributed by atoms with Gasteiger partial charge in [0.15, 0.2) is 0 Å². The molecule has 2 N–H and O–H groups in total. The van der Waals surface area contributed by atoms with Gasteiger partial charge in [0.05, 0.1) is 0 Å². The third-order valence-electron chi connectivity index (χ3n) is 4.65. The van der Waals surface area contributed by atoms with Gasteiger partial charge in [0.25, 0.3) is 0 Å². The maximum atomic E-state index is 5.96. The molecule has 1 aromatic heterocycles. The summed E-state index contributed by atoms with van der Waals surface area (Å²) in [4.78, 5) is 5.69. The van der Waals surface area contributed by atoms with Crippen molar-refractivity contribution in [2.24, 2.45) is 11.7 Å². The average molecular weight is 280 g/mol. The van der Waals surface area contributed by atoms with Crippen LogP contribution < -0.4 is 5.73 Å². The maximum Gasteiger partial charge on any atom is 0.0416 e. The minimum Gasteiger partial charge on any atom is -0.330 e. The molecule has 0 saturated heterocycles. The molecular formula is C16H28N2S. The van der Waals surface area contributed by atoms with Crippen molar-refractivity contribution in [3.63, 3.8) is 0 Å². The van der Waals surface area contributed by atoms with Gasteiger partial charge < -0.3 is 5.73 Å². The van der Waals surface area contributed by atoms with E-state index in [1.165, 1.54) is 29.0 Å². The lowest BCUT2D eigenvalue weighted by Gasteiger charge is -2.36. The molecule has 0 aromatic carbocycles. The molecule has 108 valence electrons. The molecular weight excluding hydrogens is 252 g/mol. The molecule has 1 aliphatic rings. The van der Waals surface area contributed by atoms with Gasteiger partial charge in [-0.15, -0.1) is 11.3 Å². The van der Waals surface area contributed by atoms with Crippen LogP contribution in [0.25, 0.3) is 0 Å². The van der Waals surface area contributed by atoms with Crippen LogP contribution in [0.3, 0.4) is 0 Å². The molecule has 19 heavy (non-hydrogen) atoms. The highest BCUT2D eigenvalue weighted by Gasteiger charge is 2.33. The fraction of sp³-hybridized carbons (Fsp3) is 0.750. The number of rotatable bonds is 6. The number of nitrogens with two attached hydrogens (primary N) is 1. The van der Waals surface area contributed by atoms with Crippen LogP contribution in [-0.4, -0.2) is 24.0 Å². The van der Waals surface area contributed by atoms with E-state index >= 15 is 0 Å². The average Bonchev–Trinajstić information content (AvgIpc) is 3.08. The standard InChI is InChI=1S/C16H28N2S/c1-4-14-9-10-16(19-14)12(3)18(5-2)15-8-6-7-13(15)11-17/h9-10,12-13,15H,4-8,11,17H2,1-3H3. The molecule has 3 heteroatoms. The summed E-state index contributed by atoms with van der Waals surface area (Å²) in [5.41, 5.74) is 5.96. The van der Waals surface area contributed by atoms with E-state index in [1.54, 1.807) is 0 Å². The van der Waals surface area contributed by atoms with Crippen LogP contribution >= 0.6 is 11.3 Å². The minimum absolute atomic E-state index is 0.535. The maximum absolute atomic E-state index is 5.96. The first-order chi connectivity index (χ1) is 9.21. The van der Waals surface area contributed by atoms with Gasteiger partial charge >= 0.3 is 0 Å². The van der Waals surface area contributed by atoms with Gasteiger partial charge in [-0.2, -0.15) is 0 Å². The fourth-order valence-electron chi connectivity index (χ4n) is 3.50. The summed E-state index contributed by atoms with van der Waals surface area (Å²) >= 11 is 1.98. The highest BCUT2D eigenvalue weighted by Crippen LogP contribution is 2.36. The summed E-state index contributed by atoms with van der Waals surface area (Å²) in [5, 5.41) is 0. The van der Waals surface area contributed by atoms with Crippen LogP contribution in [0.2, 0.25) is 0 Å². The smallest absolute Gasteiger partial charge is 0.0416 e. The second kappa shape index (κ2) is 6.87. The summed E-state index contributed by atoms with van der Waals surface area (Å²) in [7, 11) is 0. The Morgan fingerprint density at radius 1 is 1.37 bits per heavy atom. The zero-order valence-corrected chi connectivity index (χ0v) is 13.4. The minimum atomic E-state index is 0.535. The molecule has 2 rings (SSSR count). The molecule has 1 saturated carbocycles. The van der Waals surface area contributed by atoms with Gasteiger partial charge in [-0.25, -0.2) is 0 Å². The quantitative estimate of drug-likeness (QED) is 0.858. The van der Waals surface area contributed by atoms with Crippen LogP contribution in [0.5, 0.6) is 0 Å². The predicted molar refractivity (Wildman–Crippen MR) is 84.7 cm³/mol. The first-order valence-corrected chi connectivity index (χ1v) is 8.57. The number of thiophene rings is 1. The molecule has 1 fully saturated rings. The molecule has 0 amide bonds. The van der Waals surface area contributed by atoms with Crippen LogP contribution in [0.4, 0.5) is 0 Å². The van der Waals surface area contributed by atoms with E-state index in [1.807, 2.05) is 11.3 Å². The SMILES string of the molecule is CCc1ccc(C(C)N(CC)C2CCCC2CN)s1. The Balaban J connectivity index is 2.12. The third kappa shape index (κ3) is 3.21. The van der Waals surface area contributed by atoms with Crippen molar-refractivity contribution in [3.05, 3.63) is 21.9 Å². The summed E-state index contributed by atoms with van der Waals surface area (Å²) in [6.07, 6.45) is 5.14. The predicted octanol–water partition coefficient (Wildman–Crippen LogP) is 3.82. The zero-order valence-electron chi connectivity index (χ0n) is 12.6. The van der Waals surface area contributed by atoms with Gasteiger partial charge in [0.1, 0.15) is 0 Å². The molecule has 1 aliphatic carbocycles. The second-order valence-electron chi connectivity index (χ2n) is 5.66. The van der Waals surface area contributed by atoms with E-state index in [2.05, 4.69) is 37.8 Å². The van der Waals surface area contributed by atoms with Crippen molar-refractivity contribution in [3.8, 4) is 0 Å². The van der Waals surface area contributed by atoms with Crippen molar-refractivity contribution in [1.29, 1.82) is 0 Å². The lowest BCUT2D eigenvalue weighted by molar-refractivity contribution is 0.125. The summed E-state index contributed by atoms with van der Waals surface area (Å²) < 4.78 is 0. The second-order valence-corrected chi connectivity index (χ2v) is 6.86. The van der Waals surface area contributed by atoms with Crippen molar-refractivity contribution in [1.82, 2.24) is 4.90 Å². The molecule has 0 bridgehead atoms. The Hall–Kier alpha value is -0.380. The van der Waals surface area contributed by atoms with Gasteiger partial charge in [-0.05, 0) is 57.3 Å². The van der Waals surface area contributed by atoms with Crippen LogP contribution in [0.1, 0.15) is 55.8 Å². The normalized spacial score (nSPS) is 25.1. The highest BCUT2D eigenvalue weighted by molar-refractivity contribution is 7.12. The van der Waals surface area contributed by atoms with Gasteiger partial charge in [0.2, 0.25) is 0 Å². The van der Waals surface area contributed by atoms with E-state index in [-0.39, 0.29) is 0 Å². The van der Waals surface area contributed by atoms with E-state index in [4.69, 9.17) is 5.73 Å². The van der Waals surface area contributed by atoms with Crippen LogP contribution in [0, 0.1) is 5.92 Å². The van der Waals surface area contributed by atoms with Crippen molar-refractivity contribution in [2.45, 2.75) is 58.5 Å². The Bertz CT molecular complexity index is 388. The Kier molecular flexibility index (Phi) is 5.43. The number of nitrogens with zero attached hydrogens (tertiary/aromatic N) is 1. The van der Waals surface area contributed by atoms with E-state index in [0.717, 1.165) is 19.5 Å². The van der Waals surface area contributed by atoms with E-state index in [9.17, 15) is 0 Å². The topological polar surface area (TPSA) is 29.3 Å². The van der Waals surface area contributed by atoms with Crippen molar-refractivity contribution < 1.29 is 0 Å². The van der Waals surface area contributed by atoms with E-state index in [0.29, 0.717) is 18.0 Å². The Morgan fingerprint density at radius 2 is 2.16 bits per heavy atom. The highest BCUT2D eigenvalue weighted by atomic mass is 32.1. The van der Waals surface area contributed by atoms with Crippen LogP contribution in [0.15, 0.2) is 12.1 Å². The molecule has 1 aromatic rings.